The van der Waals surface area contributed by atoms with Gasteiger partial charge in [-0.05, 0) is 55.0 Å². The number of fused-ring (bicyclic) bond motifs is 1. The summed E-state index contributed by atoms with van der Waals surface area (Å²) >= 11 is 1.47. The first-order valence-electron chi connectivity index (χ1n) is 9.33. The first-order valence-corrected chi connectivity index (χ1v) is 10.1. The lowest BCUT2D eigenvalue weighted by Crippen LogP contribution is -2.30. The number of aryl methyl sites for hydroxylation is 1. The number of hydrogen-bond acceptors (Lipinski definition) is 6. The second-order valence-electron chi connectivity index (χ2n) is 6.70. The average Bonchev–Trinajstić information content (AvgIpc) is 3.23. The van der Waals surface area contributed by atoms with Crippen molar-refractivity contribution in [1.29, 1.82) is 0 Å². The summed E-state index contributed by atoms with van der Waals surface area (Å²) in [6.07, 6.45) is 1.70. The van der Waals surface area contributed by atoms with Gasteiger partial charge < -0.3 is 4.74 Å². The van der Waals surface area contributed by atoms with Crippen molar-refractivity contribution >= 4 is 38.6 Å². The van der Waals surface area contributed by atoms with Gasteiger partial charge >= 0.3 is 5.97 Å². The molecule has 0 aliphatic rings. The summed E-state index contributed by atoms with van der Waals surface area (Å²) < 4.78 is 5.74. The lowest BCUT2D eigenvalue weighted by molar-refractivity contribution is 0.0600. The van der Waals surface area contributed by atoms with Crippen molar-refractivity contribution in [3.63, 3.8) is 0 Å². The molecule has 0 radical (unpaired) electrons. The van der Waals surface area contributed by atoms with Crippen LogP contribution in [0, 0.1) is 6.92 Å². The number of pyridine rings is 1. The fourth-order valence-corrected chi connectivity index (χ4v) is 4.13. The number of methoxy groups -OCH3 is 1. The number of thiazole rings is 1. The van der Waals surface area contributed by atoms with Gasteiger partial charge in [0, 0.05) is 11.8 Å². The average molecular weight is 417 g/mol. The molecular formula is C23H19N3O3S. The number of carbonyl (C=O) groups is 2. The number of para-hydroxylation sites is 1. The Bertz CT molecular complexity index is 1200. The summed E-state index contributed by atoms with van der Waals surface area (Å²) in [6.45, 7) is 2.29. The Labute approximate surface area is 177 Å². The fraction of sp³-hybridized carbons (Fsp3) is 0.130. The Morgan fingerprint density at radius 2 is 1.77 bits per heavy atom. The molecule has 0 bridgehead atoms. The summed E-state index contributed by atoms with van der Waals surface area (Å²) in [5, 5.41) is 0.604. The third-order valence-electron chi connectivity index (χ3n) is 4.68. The lowest BCUT2D eigenvalue weighted by atomic mass is 10.1. The topological polar surface area (TPSA) is 72.4 Å². The number of aromatic nitrogens is 2. The minimum Gasteiger partial charge on any atom is -0.465 e. The molecule has 2 aromatic carbocycles. The van der Waals surface area contributed by atoms with Crippen LogP contribution in [-0.4, -0.2) is 29.0 Å². The number of carbonyl (C=O) groups excluding carboxylic acids is 2. The molecule has 0 aliphatic carbocycles. The highest BCUT2D eigenvalue weighted by atomic mass is 32.1. The third-order valence-corrected chi connectivity index (χ3v) is 5.73. The van der Waals surface area contributed by atoms with E-state index in [1.165, 1.54) is 18.4 Å². The zero-order valence-corrected chi connectivity index (χ0v) is 17.3. The number of hydrogen-bond donors (Lipinski definition) is 0. The van der Waals surface area contributed by atoms with Gasteiger partial charge in [-0.2, -0.15) is 0 Å². The van der Waals surface area contributed by atoms with Gasteiger partial charge in [0.15, 0.2) is 5.13 Å². The minimum absolute atomic E-state index is 0.214. The molecule has 6 nitrogen and oxygen atoms in total. The molecule has 0 saturated heterocycles. The first kappa shape index (κ1) is 19.7. The zero-order valence-electron chi connectivity index (χ0n) is 16.5. The maximum absolute atomic E-state index is 13.4. The van der Waals surface area contributed by atoms with E-state index in [9.17, 15) is 9.59 Å². The van der Waals surface area contributed by atoms with Crippen molar-refractivity contribution < 1.29 is 14.3 Å². The molecule has 1 amide bonds. The summed E-state index contributed by atoms with van der Waals surface area (Å²) in [7, 11) is 1.32. The summed E-state index contributed by atoms with van der Waals surface area (Å²) in [4.78, 5) is 35.8. The van der Waals surface area contributed by atoms with Crippen LogP contribution in [0.15, 0.2) is 66.9 Å². The highest BCUT2D eigenvalue weighted by Crippen LogP contribution is 2.32. The van der Waals surface area contributed by atoms with E-state index in [0.717, 1.165) is 21.5 Å². The minimum atomic E-state index is -0.444. The molecule has 0 fully saturated rings. The molecule has 0 atom stereocenters. The van der Waals surface area contributed by atoms with Crippen molar-refractivity contribution in [3.8, 4) is 0 Å². The zero-order chi connectivity index (χ0) is 21.1. The number of esters is 1. The molecule has 0 spiro atoms. The number of amides is 1. The van der Waals surface area contributed by atoms with Crippen LogP contribution in [0.2, 0.25) is 0 Å². The number of anilines is 1. The second-order valence-corrected chi connectivity index (χ2v) is 7.71. The maximum atomic E-state index is 13.4. The standard InChI is InChI=1S/C23H19N3O3S/c1-15-6-5-8-19-20(15)25-23(30-19)26(14-18-7-3-4-13-24-18)21(27)16-9-11-17(12-10-16)22(28)29-2/h3-13H,14H2,1-2H3. The van der Waals surface area contributed by atoms with E-state index in [-0.39, 0.29) is 12.5 Å². The van der Waals surface area contributed by atoms with Gasteiger partial charge in [0.1, 0.15) is 0 Å². The van der Waals surface area contributed by atoms with Crippen LogP contribution in [-0.2, 0) is 11.3 Å². The SMILES string of the molecule is COC(=O)c1ccc(C(=O)N(Cc2ccccn2)c2nc3c(C)cccc3s2)cc1. The number of benzene rings is 2. The Hall–Kier alpha value is -3.58. The van der Waals surface area contributed by atoms with Crippen molar-refractivity contribution in [1.82, 2.24) is 9.97 Å². The van der Waals surface area contributed by atoms with Gasteiger partial charge in [-0.3, -0.25) is 14.7 Å². The van der Waals surface area contributed by atoms with E-state index in [1.54, 1.807) is 35.4 Å². The first-order chi connectivity index (χ1) is 14.6. The van der Waals surface area contributed by atoms with Gasteiger partial charge in [0.05, 0.1) is 35.1 Å². The Morgan fingerprint density at radius 3 is 2.43 bits per heavy atom. The number of rotatable bonds is 5. The Morgan fingerprint density at radius 1 is 1.00 bits per heavy atom. The van der Waals surface area contributed by atoms with Gasteiger partial charge in [0.25, 0.3) is 5.91 Å². The molecule has 2 heterocycles. The van der Waals surface area contributed by atoms with E-state index in [2.05, 4.69) is 4.98 Å². The highest BCUT2D eigenvalue weighted by Gasteiger charge is 2.23. The summed E-state index contributed by atoms with van der Waals surface area (Å²) in [5.41, 5.74) is 3.54. The van der Waals surface area contributed by atoms with Gasteiger partial charge in [-0.25, -0.2) is 9.78 Å². The largest absolute Gasteiger partial charge is 0.465 e. The molecule has 150 valence electrons. The maximum Gasteiger partial charge on any atom is 0.337 e. The molecule has 0 aliphatic heterocycles. The van der Waals surface area contributed by atoms with Crippen LogP contribution < -0.4 is 4.90 Å². The predicted octanol–water partition coefficient (Wildman–Crippen LogP) is 4.63. The monoisotopic (exact) mass is 417 g/mol. The van der Waals surface area contributed by atoms with Crippen molar-refractivity contribution in [2.24, 2.45) is 0 Å². The predicted molar refractivity (Wildman–Crippen MR) is 117 cm³/mol. The normalized spacial score (nSPS) is 10.7. The van der Waals surface area contributed by atoms with Crippen LogP contribution in [0.5, 0.6) is 0 Å². The highest BCUT2D eigenvalue weighted by molar-refractivity contribution is 7.22. The van der Waals surface area contributed by atoms with Crippen LogP contribution in [0.3, 0.4) is 0 Å². The van der Waals surface area contributed by atoms with Crippen molar-refractivity contribution in [2.75, 3.05) is 12.0 Å². The smallest absolute Gasteiger partial charge is 0.337 e. The van der Waals surface area contributed by atoms with Crippen LogP contribution in [0.1, 0.15) is 32.0 Å². The van der Waals surface area contributed by atoms with E-state index < -0.39 is 5.97 Å². The Balaban J connectivity index is 1.73. The lowest BCUT2D eigenvalue weighted by Gasteiger charge is -2.19. The molecule has 0 saturated carbocycles. The summed E-state index contributed by atoms with van der Waals surface area (Å²) in [6, 6.07) is 18.0. The molecule has 7 heteroatoms. The molecule has 0 unspecified atom stereocenters. The van der Waals surface area contributed by atoms with Crippen LogP contribution >= 0.6 is 11.3 Å². The Kier molecular flexibility index (Phi) is 5.54. The van der Waals surface area contributed by atoms with E-state index >= 15 is 0 Å². The molecule has 30 heavy (non-hydrogen) atoms. The van der Waals surface area contributed by atoms with Crippen molar-refractivity contribution in [3.05, 3.63) is 89.2 Å². The van der Waals surface area contributed by atoms with Crippen LogP contribution in [0.4, 0.5) is 5.13 Å². The summed E-state index contributed by atoms with van der Waals surface area (Å²) in [5.74, 6) is -0.658. The van der Waals surface area contributed by atoms with Gasteiger partial charge in [-0.15, -0.1) is 0 Å². The van der Waals surface area contributed by atoms with Crippen LogP contribution in [0.25, 0.3) is 10.2 Å². The molecular weight excluding hydrogens is 398 g/mol. The van der Waals surface area contributed by atoms with Gasteiger partial charge in [-0.1, -0.05) is 29.5 Å². The number of nitrogens with zero attached hydrogens (tertiary/aromatic N) is 3. The van der Waals surface area contributed by atoms with E-state index in [0.29, 0.717) is 16.3 Å². The molecule has 2 aromatic heterocycles. The van der Waals surface area contributed by atoms with Gasteiger partial charge in [0.2, 0.25) is 0 Å². The second kappa shape index (κ2) is 8.42. The number of ether oxygens (including phenoxy) is 1. The van der Waals surface area contributed by atoms with E-state index in [1.807, 2.05) is 43.3 Å². The van der Waals surface area contributed by atoms with Crippen molar-refractivity contribution in [2.45, 2.75) is 13.5 Å². The molecule has 4 rings (SSSR count). The third kappa shape index (κ3) is 3.92. The molecule has 4 aromatic rings. The fourth-order valence-electron chi connectivity index (χ4n) is 3.09. The molecule has 0 N–H and O–H groups in total. The quantitative estimate of drug-likeness (QED) is 0.443. The van der Waals surface area contributed by atoms with E-state index in [4.69, 9.17) is 9.72 Å².